The average molecular weight is 447 g/mol. The van der Waals surface area contributed by atoms with Crippen LogP contribution in [0.3, 0.4) is 0 Å². The molecule has 2 aliphatic rings. The van der Waals surface area contributed by atoms with Crippen molar-refractivity contribution in [3.05, 3.63) is 36.5 Å². The van der Waals surface area contributed by atoms with Gasteiger partial charge in [-0.05, 0) is 24.6 Å². The summed E-state index contributed by atoms with van der Waals surface area (Å²) in [5.74, 6) is 0.639. The molecule has 0 bridgehead atoms. The molecule has 1 aromatic carbocycles. The van der Waals surface area contributed by atoms with E-state index < -0.39 is 10.2 Å². The molecule has 2 aliphatic heterocycles. The van der Waals surface area contributed by atoms with E-state index in [9.17, 15) is 8.42 Å². The maximum Gasteiger partial charge on any atom is 0.282 e. The molecule has 0 unspecified atom stereocenters. The quantitative estimate of drug-likeness (QED) is 0.685. The number of hydrogen-bond donors (Lipinski definition) is 0. The normalized spacial score (nSPS) is 19.2. The predicted octanol–water partition coefficient (Wildman–Crippen LogP) is 1.30. The molecule has 0 N–H and O–H groups in total. The molecule has 10 heteroatoms. The third-order valence-electron chi connectivity index (χ3n) is 5.68. The molecule has 2 aromatic rings. The summed E-state index contributed by atoms with van der Waals surface area (Å²) in [5.41, 5.74) is 3.02. The fourth-order valence-corrected chi connectivity index (χ4v) is 5.47. The van der Waals surface area contributed by atoms with Gasteiger partial charge in [-0.15, -0.1) is 0 Å². The van der Waals surface area contributed by atoms with Crippen LogP contribution < -0.4 is 9.80 Å². The summed E-state index contributed by atoms with van der Waals surface area (Å²) < 4.78 is 34.4. The molecular weight excluding hydrogens is 416 g/mol. The lowest BCUT2D eigenvalue weighted by molar-refractivity contribution is 0.0703. The Kier molecular flexibility index (Phi) is 6.71. The van der Waals surface area contributed by atoms with Crippen LogP contribution in [0.1, 0.15) is 6.42 Å². The number of anilines is 2. The van der Waals surface area contributed by atoms with Crippen molar-refractivity contribution in [1.29, 1.82) is 0 Å². The number of aromatic nitrogens is 2. The van der Waals surface area contributed by atoms with E-state index in [1.54, 1.807) is 10.5 Å². The van der Waals surface area contributed by atoms with E-state index in [0.29, 0.717) is 51.9 Å². The van der Waals surface area contributed by atoms with Crippen molar-refractivity contribution in [2.24, 2.45) is 0 Å². The molecule has 0 atom stereocenters. The van der Waals surface area contributed by atoms with Crippen molar-refractivity contribution in [2.45, 2.75) is 6.42 Å². The minimum Gasteiger partial charge on any atom is -0.379 e. The van der Waals surface area contributed by atoms with E-state index >= 15 is 0 Å². The van der Waals surface area contributed by atoms with Crippen LogP contribution in [0.5, 0.6) is 0 Å². The Labute approximate surface area is 184 Å². The molecule has 0 amide bonds. The molecule has 2 fully saturated rings. The lowest BCUT2D eigenvalue weighted by Gasteiger charge is -2.31. The van der Waals surface area contributed by atoms with E-state index in [4.69, 9.17) is 9.72 Å². The van der Waals surface area contributed by atoms with E-state index in [0.717, 1.165) is 29.9 Å². The number of benzene rings is 1. The van der Waals surface area contributed by atoms with Crippen LogP contribution in [-0.2, 0) is 14.9 Å². The lowest BCUT2D eigenvalue weighted by Crippen LogP contribution is -2.49. The SMILES string of the molecule is CN(C)c1ccc(-c2ccnc(N3CCCN(S(=O)(=O)N4CCOCC4)CC3)n2)cc1. The van der Waals surface area contributed by atoms with Crippen LogP contribution in [-0.4, -0.2) is 93.6 Å². The monoisotopic (exact) mass is 446 g/mol. The fourth-order valence-electron chi connectivity index (χ4n) is 3.86. The van der Waals surface area contributed by atoms with Gasteiger partial charge in [0.1, 0.15) is 0 Å². The van der Waals surface area contributed by atoms with Gasteiger partial charge < -0.3 is 14.5 Å². The molecule has 0 radical (unpaired) electrons. The smallest absolute Gasteiger partial charge is 0.282 e. The van der Waals surface area contributed by atoms with Crippen molar-refractivity contribution < 1.29 is 13.2 Å². The first kappa shape index (κ1) is 21.9. The fraction of sp³-hybridized carbons (Fsp3) is 0.524. The standard InChI is InChI=1S/C21H30N6O3S/c1-24(2)19-6-4-18(5-7-19)20-8-9-22-21(23-20)25-10-3-11-26(13-12-25)31(28,29)27-14-16-30-17-15-27/h4-9H,3,10-17H2,1-2H3. The van der Waals surface area contributed by atoms with E-state index in [2.05, 4.69) is 39.0 Å². The second-order valence-electron chi connectivity index (χ2n) is 7.94. The highest BCUT2D eigenvalue weighted by Crippen LogP contribution is 2.23. The van der Waals surface area contributed by atoms with E-state index in [-0.39, 0.29) is 0 Å². The van der Waals surface area contributed by atoms with Gasteiger partial charge in [0.2, 0.25) is 5.95 Å². The number of morpholine rings is 1. The Balaban J connectivity index is 1.46. The highest BCUT2D eigenvalue weighted by Gasteiger charge is 2.32. The molecule has 0 spiro atoms. The highest BCUT2D eigenvalue weighted by atomic mass is 32.2. The number of ether oxygens (including phenoxy) is 1. The number of rotatable bonds is 5. The van der Waals surface area contributed by atoms with Crippen LogP contribution in [0.4, 0.5) is 11.6 Å². The lowest BCUT2D eigenvalue weighted by atomic mass is 10.1. The van der Waals surface area contributed by atoms with Crippen molar-refractivity contribution in [3.63, 3.8) is 0 Å². The zero-order valence-corrected chi connectivity index (χ0v) is 19.0. The van der Waals surface area contributed by atoms with Gasteiger partial charge in [0.25, 0.3) is 10.2 Å². The summed E-state index contributed by atoms with van der Waals surface area (Å²) in [6.07, 6.45) is 2.50. The van der Waals surface area contributed by atoms with Gasteiger partial charge in [0.15, 0.2) is 0 Å². The largest absolute Gasteiger partial charge is 0.379 e. The summed E-state index contributed by atoms with van der Waals surface area (Å²) in [5, 5.41) is 0. The third-order valence-corrected chi connectivity index (χ3v) is 7.72. The summed E-state index contributed by atoms with van der Waals surface area (Å²) in [6, 6.07) is 10.1. The van der Waals surface area contributed by atoms with Crippen LogP contribution in [0.2, 0.25) is 0 Å². The topological polar surface area (TPSA) is 82.1 Å². The van der Waals surface area contributed by atoms with Crippen molar-refractivity contribution >= 4 is 21.8 Å². The second kappa shape index (κ2) is 9.47. The van der Waals surface area contributed by atoms with Gasteiger partial charge in [0.05, 0.1) is 18.9 Å². The Bertz CT molecular complexity index is 977. The maximum absolute atomic E-state index is 13.0. The van der Waals surface area contributed by atoms with Gasteiger partial charge in [-0.2, -0.15) is 17.0 Å². The molecular formula is C21H30N6O3S. The minimum absolute atomic E-state index is 0.417. The molecule has 3 heterocycles. The number of hydrogen-bond acceptors (Lipinski definition) is 7. The minimum atomic E-state index is -3.46. The Morgan fingerprint density at radius 2 is 1.61 bits per heavy atom. The van der Waals surface area contributed by atoms with Crippen molar-refractivity contribution in [1.82, 2.24) is 18.6 Å². The summed E-state index contributed by atoms with van der Waals surface area (Å²) >= 11 is 0. The number of nitrogens with zero attached hydrogens (tertiary/aromatic N) is 6. The van der Waals surface area contributed by atoms with Gasteiger partial charge in [0, 0.05) is 70.8 Å². The first-order valence-electron chi connectivity index (χ1n) is 10.6. The van der Waals surface area contributed by atoms with E-state index in [1.165, 1.54) is 4.31 Å². The molecule has 1 aromatic heterocycles. The molecule has 2 saturated heterocycles. The van der Waals surface area contributed by atoms with Crippen LogP contribution in [0.25, 0.3) is 11.3 Å². The second-order valence-corrected chi connectivity index (χ2v) is 9.87. The first-order chi connectivity index (χ1) is 14.9. The summed E-state index contributed by atoms with van der Waals surface area (Å²) in [7, 11) is 0.566. The summed E-state index contributed by atoms with van der Waals surface area (Å²) in [4.78, 5) is 13.4. The Morgan fingerprint density at radius 1 is 0.903 bits per heavy atom. The summed E-state index contributed by atoms with van der Waals surface area (Å²) in [6.45, 7) is 3.95. The Morgan fingerprint density at radius 3 is 2.32 bits per heavy atom. The van der Waals surface area contributed by atoms with Gasteiger partial charge in [-0.25, -0.2) is 9.97 Å². The highest BCUT2D eigenvalue weighted by molar-refractivity contribution is 7.86. The molecule has 168 valence electrons. The average Bonchev–Trinajstić information content (AvgIpc) is 3.07. The molecule has 9 nitrogen and oxygen atoms in total. The van der Waals surface area contributed by atoms with Crippen molar-refractivity contribution in [3.8, 4) is 11.3 Å². The Hall–Kier alpha value is -2.27. The van der Waals surface area contributed by atoms with Crippen molar-refractivity contribution in [2.75, 3.05) is 76.4 Å². The first-order valence-corrected chi connectivity index (χ1v) is 12.0. The zero-order valence-electron chi connectivity index (χ0n) is 18.1. The third kappa shape index (κ3) is 4.98. The van der Waals surface area contributed by atoms with Gasteiger partial charge in [-0.3, -0.25) is 0 Å². The van der Waals surface area contributed by atoms with E-state index in [1.807, 2.05) is 20.2 Å². The molecule has 31 heavy (non-hydrogen) atoms. The van der Waals surface area contributed by atoms with Crippen LogP contribution in [0, 0.1) is 0 Å². The maximum atomic E-state index is 13.0. The van der Waals surface area contributed by atoms with Crippen LogP contribution in [0.15, 0.2) is 36.5 Å². The molecule has 0 saturated carbocycles. The van der Waals surface area contributed by atoms with Gasteiger partial charge in [-0.1, -0.05) is 12.1 Å². The zero-order chi connectivity index (χ0) is 21.8. The molecule has 4 rings (SSSR count). The predicted molar refractivity (Wildman–Crippen MR) is 122 cm³/mol. The molecule has 0 aliphatic carbocycles. The van der Waals surface area contributed by atoms with Crippen LogP contribution >= 0.6 is 0 Å². The van der Waals surface area contributed by atoms with Gasteiger partial charge >= 0.3 is 0 Å².